The van der Waals surface area contributed by atoms with E-state index in [0.29, 0.717) is 0 Å². The summed E-state index contributed by atoms with van der Waals surface area (Å²) in [4.78, 5) is 2.44. The second kappa shape index (κ2) is 14.8. The molecule has 3 heteroatoms. The molecule has 0 N–H and O–H groups in total. The van der Waals surface area contributed by atoms with E-state index >= 15 is 0 Å². The maximum Gasteiger partial charge on any atom is 0.0540 e. The average Bonchev–Trinajstić information content (AvgIpc) is 3.91. The van der Waals surface area contributed by atoms with Crippen molar-refractivity contribution in [1.29, 1.82) is 0 Å². The van der Waals surface area contributed by atoms with E-state index in [1.807, 2.05) is 22.7 Å². The molecule has 0 aliphatic rings. The topological polar surface area (TPSA) is 3.24 Å². The molecule has 61 heavy (non-hydrogen) atoms. The third-order valence-corrected chi connectivity index (χ3v) is 14.5. The van der Waals surface area contributed by atoms with E-state index in [2.05, 4.69) is 229 Å². The first kappa shape index (κ1) is 35.6. The molecule has 286 valence electrons. The SMILES string of the molecule is c1cc(-c2cccc(N(c3ccc(-c4cccc5ccccc45)cc3)c3ccccc3-c3cccc4c3sc3ccccc34)c2)cc(-c2cccc3c2sc2ccccc23)c1. The summed E-state index contributed by atoms with van der Waals surface area (Å²) in [5.41, 5.74) is 13.1. The maximum atomic E-state index is 2.44. The Hall–Kier alpha value is -7.30. The van der Waals surface area contributed by atoms with Gasteiger partial charge in [0.25, 0.3) is 0 Å². The Morgan fingerprint density at radius 2 is 0.787 bits per heavy atom. The molecule has 0 radical (unpaired) electrons. The zero-order chi connectivity index (χ0) is 40.3. The molecular formula is C58H37NS2. The monoisotopic (exact) mass is 811 g/mol. The number of hydrogen-bond acceptors (Lipinski definition) is 3. The lowest BCUT2D eigenvalue weighted by Crippen LogP contribution is -2.11. The van der Waals surface area contributed by atoms with Crippen LogP contribution >= 0.6 is 22.7 Å². The smallest absolute Gasteiger partial charge is 0.0540 e. The van der Waals surface area contributed by atoms with Gasteiger partial charge in [-0.15, -0.1) is 22.7 Å². The second-order valence-electron chi connectivity index (χ2n) is 15.6. The second-order valence-corrected chi connectivity index (χ2v) is 17.7. The lowest BCUT2D eigenvalue weighted by Gasteiger charge is -2.28. The molecule has 2 heterocycles. The van der Waals surface area contributed by atoms with Crippen molar-refractivity contribution in [2.24, 2.45) is 0 Å². The Labute approximate surface area is 362 Å². The average molecular weight is 812 g/mol. The Balaban J connectivity index is 1.01. The van der Waals surface area contributed by atoms with Crippen molar-refractivity contribution < 1.29 is 0 Å². The van der Waals surface area contributed by atoms with Gasteiger partial charge in [-0.25, -0.2) is 0 Å². The van der Waals surface area contributed by atoms with E-state index < -0.39 is 0 Å². The molecule has 1 nitrogen and oxygen atoms in total. The highest BCUT2D eigenvalue weighted by molar-refractivity contribution is 7.26. The molecule has 0 aliphatic heterocycles. The van der Waals surface area contributed by atoms with Crippen LogP contribution in [0.4, 0.5) is 17.1 Å². The van der Waals surface area contributed by atoms with Gasteiger partial charge in [0.1, 0.15) is 0 Å². The van der Waals surface area contributed by atoms with Crippen LogP contribution in [0.1, 0.15) is 0 Å². The van der Waals surface area contributed by atoms with Crippen molar-refractivity contribution in [3.63, 3.8) is 0 Å². The Bertz CT molecular complexity index is 3600. The first-order valence-electron chi connectivity index (χ1n) is 20.7. The van der Waals surface area contributed by atoms with Gasteiger partial charge in [0.05, 0.1) is 5.69 Å². The van der Waals surface area contributed by atoms with Crippen molar-refractivity contribution in [1.82, 2.24) is 0 Å². The van der Waals surface area contributed by atoms with Crippen molar-refractivity contribution in [3.8, 4) is 44.5 Å². The van der Waals surface area contributed by atoms with Gasteiger partial charge >= 0.3 is 0 Å². The summed E-state index contributed by atoms with van der Waals surface area (Å²) in [7, 11) is 0. The summed E-state index contributed by atoms with van der Waals surface area (Å²) < 4.78 is 5.27. The van der Waals surface area contributed by atoms with Crippen molar-refractivity contribution in [2.45, 2.75) is 0 Å². The third kappa shape index (κ3) is 6.13. The van der Waals surface area contributed by atoms with Crippen molar-refractivity contribution >= 4 is 90.9 Å². The van der Waals surface area contributed by atoms with Crippen LogP contribution < -0.4 is 4.90 Å². The fraction of sp³-hybridized carbons (Fsp3) is 0. The zero-order valence-electron chi connectivity index (χ0n) is 33.1. The van der Waals surface area contributed by atoms with Crippen LogP contribution in [0.15, 0.2) is 224 Å². The standard InChI is InChI=1S/C58H37NS2/c1-2-20-45-38(14-1)15-11-24-46(45)39-32-34-43(35-33-39)59(54-29-6-3-21-48(54)51-26-13-28-53-50-23-5-8-31-56(50)61-58(51)53)44-19-10-17-41(37-44)40-16-9-18-42(36-40)47-25-12-27-52-49-22-4-7-30-55(49)60-57(47)52/h1-37H. The van der Waals surface area contributed by atoms with Gasteiger partial charge in [0.2, 0.25) is 0 Å². The van der Waals surface area contributed by atoms with Gasteiger partial charge in [-0.2, -0.15) is 0 Å². The number of anilines is 3. The van der Waals surface area contributed by atoms with Crippen LogP contribution in [-0.2, 0) is 0 Å². The van der Waals surface area contributed by atoms with Gasteiger partial charge in [-0.3, -0.25) is 0 Å². The summed E-state index contributed by atoms with van der Waals surface area (Å²) >= 11 is 3.76. The molecule has 0 spiro atoms. The van der Waals surface area contributed by atoms with Gasteiger partial charge in [0.15, 0.2) is 0 Å². The molecule has 0 saturated carbocycles. The van der Waals surface area contributed by atoms with E-state index in [-0.39, 0.29) is 0 Å². The summed E-state index contributed by atoms with van der Waals surface area (Å²) in [6, 6.07) is 82.4. The first-order chi connectivity index (χ1) is 30.2. The van der Waals surface area contributed by atoms with Crippen LogP contribution in [0.5, 0.6) is 0 Å². The summed E-state index contributed by atoms with van der Waals surface area (Å²) in [6.45, 7) is 0. The highest BCUT2D eigenvalue weighted by Crippen LogP contribution is 2.47. The molecule has 12 aromatic rings. The maximum absolute atomic E-state index is 2.44. The molecular weight excluding hydrogens is 775 g/mol. The molecule has 0 bridgehead atoms. The fourth-order valence-corrected chi connectivity index (χ4v) is 11.7. The lowest BCUT2D eigenvalue weighted by atomic mass is 9.96. The van der Waals surface area contributed by atoms with Crippen LogP contribution in [0.2, 0.25) is 0 Å². The van der Waals surface area contributed by atoms with Crippen LogP contribution in [0.3, 0.4) is 0 Å². The largest absolute Gasteiger partial charge is 0.310 e. The molecule has 10 aromatic carbocycles. The highest BCUT2D eigenvalue weighted by atomic mass is 32.1. The Morgan fingerprint density at radius 3 is 1.56 bits per heavy atom. The number of fused-ring (bicyclic) bond motifs is 7. The quantitative estimate of drug-likeness (QED) is 0.155. The third-order valence-electron chi connectivity index (χ3n) is 12.1. The van der Waals surface area contributed by atoms with E-state index in [1.165, 1.54) is 95.6 Å². The van der Waals surface area contributed by atoms with Gasteiger partial charge in [-0.1, -0.05) is 176 Å². The number of hydrogen-bond donors (Lipinski definition) is 0. The lowest BCUT2D eigenvalue weighted by molar-refractivity contribution is 1.28. The predicted octanol–water partition coefficient (Wildman–Crippen LogP) is 17.7. The summed E-state index contributed by atoms with van der Waals surface area (Å²) in [5.74, 6) is 0. The number of para-hydroxylation sites is 1. The molecule has 0 aliphatic carbocycles. The van der Waals surface area contributed by atoms with E-state index in [1.54, 1.807) is 0 Å². The van der Waals surface area contributed by atoms with Gasteiger partial charge in [-0.05, 0) is 92.7 Å². The minimum atomic E-state index is 1.10. The molecule has 12 rings (SSSR count). The van der Waals surface area contributed by atoms with E-state index in [9.17, 15) is 0 Å². The molecule has 2 aromatic heterocycles. The number of rotatable bonds is 7. The van der Waals surface area contributed by atoms with E-state index in [4.69, 9.17) is 0 Å². The van der Waals surface area contributed by atoms with Crippen molar-refractivity contribution in [2.75, 3.05) is 4.90 Å². The number of nitrogens with zero attached hydrogens (tertiary/aromatic N) is 1. The normalized spacial score (nSPS) is 11.6. The van der Waals surface area contributed by atoms with Gasteiger partial charge in [0, 0.05) is 62.8 Å². The Kier molecular flexibility index (Phi) is 8.62. The summed E-state index contributed by atoms with van der Waals surface area (Å²) in [6.07, 6.45) is 0. The Morgan fingerprint density at radius 1 is 0.279 bits per heavy atom. The minimum Gasteiger partial charge on any atom is -0.310 e. The minimum absolute atomic E-state index is 1.10. The molecule has 0 saturated heterocycles. The van der Waals surface area contributed by atoms with E-state index in [0.717, 1.165) is 17.1 Å². The molecule has 0 amide bonds. The van der Waals surface area contributed by atoms with Crippen LogP contribution in [0, 0.1) is 0 Å². The van der Waals surface area contributed by atoms with Crippen LogP contribution in [0.25, 0.3) is 95.6 Å². The first-order valence-corrected chi connectivity index (χ1v) is 22.4. The van der Waals surface area contributed by atoms with Crippen molar-refractivity contribution in [3.05, 3.63) is 224 Å². The molecule has 0 atom stereocenters. The fourth-order valence-electron chi connectivity index (χ4n) is 9.22. The van der Waals surface area contributed by atoms with Crippen LogP contribution in [-0.4, -0.2) is 0 Å². The zero-order valence-corrected chi connectivity index (χ0v) is 34.8. The summed E-state index contributed by atoms with van der Waals surface area (Å²) in [5, 5.41) is 7.75. The van der Waals surface area contributed by atoms with Gasteiger partial charge < -0.3 is 4.90 Å². The number of thiophene rings is 2. The predicted molar refractivity (Wildman–Crippen MR) is 266 cm³/mol. The number of benzene rings is 10. The highest BCUT2D eigenvalue weighted by Gasteiger charge is 2.21. The molecule has 0 unspecified atom stereocenters. The molecule has 0 fully saturated rings.